The van der Waals surface area contributed by atoms with E-state index in [1.165, 1.54) is 34.0 Å². The van der Waals surface area contributed by atoms with E-state index in [4.69, 9.17) is 0 Å². The van der Waals surface area contributed by atoms with Crippen molar-refractivity contribution in [2.75, 3.05) is 9.80 Å². The normalized spacial score (nSPS) is 25.2. The van der Waals surface area contributed by atoms with Crippen LogP contribution in [0.5, 0.6) is 0 Å². The van der Waals surface area contributed by atoms with E-state index in [-0.39, 0.29) is 17.5 Å². The second kappa shape index (κ2) is 11.1. The molecule has 1 heterocycles. The first-order valence-corrected chi connectivity index (χ1v) is 15.3. The first-order chi connectivity index (χ1) is 20.6. The van der Waals surface area contributed by atoms with Crippen molar-refractivity contribution in [3.05, 3.63) is 163 Å². The van der Waals surface area contributed by atoms with Crippen LogP contribution in [0.1, 0.15) is 26.7 Å². The number of fused-ring (bicyclic) bond motifs is 2. The Morgan fingerprint density at radius 3 is 1.95 bits per heavy atom. The summed E-state index contributed by atoms with van der Waals surface area (Å²) in [6.07, 6.45) is 23.2. The molecule has 3 aromatic carbocycles. The molecule has 4 aliphatic rings. The van der Waals surface area contributed by atoms with E-state index in [9.17, 15) is 0 Å². The number of allylic oxidation sites excluding steroid dienone is 4. The van der Waals surface area contributed by atoms with Gasteiger partial charge in [0.15, 0.2) is 0 Å². The number of benzene rings is 3. The van der Waals surface area contributed by atoms with E-state index in [1.807, 2.05) is 0 Å². The van der Waals surface area contributed by atoms with E-state index in [0.29, 0.717) is 12.0 Å². The van der Waals surface area contributed by atoms with Crippen LogP contribution in [0.2, 0.25) is 0 Å². The SMILES string of the molecule is CC1(C)C2=CC(N(c3ccccc3)C3C=CC=CC3)CC=C2NC2C=CC(N(c3ccccc3)c3ccccc3)=CC21. The Kier molecular flexibility index (Phi) is 6.95. The van der Waals surface area contributed by atoms with Gasteiger partial charge in [0.2, 0.25) is 0 Å². The third-order valence-electron chi connectivity index (χ3n) is 9.29. The van der Waals surface area contributed by atoms with Gasteiger partial charge < -0.3 is 15.1 Å². The molecule has 42 heavy (non-hydrogen) atoms. The summed E-state index contributed by atoms with van der Waals surface area (Å²) in [5, 5.41) is 3.93. The van der Waals surface area contributed by atoms with Gasteiger partial charge in [0.05, 0.1) is 18.1 Å². The third kappa shape index (κ3) is 4.83. The molecular weight excluding hydrogens is 510 g/mol. The summed E-state index contributed by atoms with van der Waals surface area (Å²) in [6, 6.07) is 33.2. The smallest absolute Gasteiger partial charge is 0.0521 e. The van der Waals surface area contributed by atoms with Gasteiger partial charge in [-0.05, 0) is 60.9 Å². The van der Waals surface area contributed by atoms with Gasteiger partial charge in [-0.15, -0.1) is 0 Å². The molecule has 3 aromatic rings. The lowest BCUT2D eigenvalue weighted by atomic mass is 9.63. The van der Waals surface area contributed by atoms with E-state index < -0.39 is 0 Å². The van der Waals surface area contributed by atoms with E-state index in [1.54, 1.807) is 0 Å². The van der Waals surface area contributed by atoms with Crippen LogP contribution >= 0.6 is 0 Å². The van der Waals surface area contributed by atoms with Crippen LogP contribution in [0.15, 0.2) is 163 Å². The molecule has 0 spiro atoms. The highest BCUT2D eigenvalue weighted by Gasteiger charge is 2.45. The van der Waals surface area contributed by atoms with Crippen LogP contribution in [0, 0.1) is 11.3 Å². The number of anilines is 3. The molecule has 0 saturated carbocycles. The molecular formula is C39H39N3. The molecule has 0 radical (unpaired) electrons. The fraction of sp³-hybridized carbons (Fsp3) is 0.231. The molecule has 3 nitrogen and oxygen atoms in total. The summed E-state index contributed by atoms with van der Waals surface area (Å²) < 4.78 is 0. The zero-order valence-corrected chi connectivity index (χ0v) is 24.5. The van der Waals surface area contributed by atoms with Crippen molar-refractivity contribution in [1.29, 1.82) is 0 Å². The Balaban J connectivity index is 1.26. The molecule has 0 bridgehead atoms. The number of nitrogens with one attached hydrogen (secondary N) is 1. The fourth-order valence-electron chi connectivity index (χ4n) is 7.16. The molecule has 1 N–H and O–H groups in total. The minimum Gasteiger partial charge on any atom is -0.378 e. The number of para-hydroxylation sites is 3. The first kappa shape index (κ1) is 26.4. The van der Waals surface area contributed by atoms with Gasteiger partial charge in [-0.1, -0.05) is 117 Å². The largest absolute Gasteiger partial charge is 0.378 e. The molecule has 0 amide bonds. The van der Waals surface area contributed by atoms with Crippen molar-refractivity contribution < 1.29 is 0 Å². The van der Waals surface area contributed by atoms with Gasteiger partial charge >= 0.3 is 0 Å². The predicted octanol–water partition coefficient (Wildman–Crippen LogP) is 8.87. The Hall–Kier alpha value is -4.50. The van der Waals surface area contributed by atoms with Crippen molar-refractivity contribution in [3.8, 4) is 0 Å². The highest BCUT2D eigenvalue weighted by Crippen LogP contribution is 2.49. The minimum atomic E-state index is -0.0554. The summed E-state index contributed by atoms with van der Waals surface area (Å²) in [5.41, 5.74) is 7.51. The Morgan fingerprint density at radius 2 is 1.33 bits per heavy atom. The van der Waals surface area contributed by atoms with Gasteiger partial charge in [-0.25, -0.2) is 0 Å². The standard InChI is InChI=1S/C39H39N3/c1-39(2)35-27-33(41(29-15-7-3-8-16-29)30-17-9-4-10-18-30)23-25-37(35)40-38-26-24-34(28-36(38)39)42(31-19-11-5-12-20-31)32-21-13-6-14-22-32/h3-21,23,25-28,32,34-35,37,40H,22,24H2,1-2H3. The second-order valence-electron chi connectivity index (χ2n) is 12.2. The predicted molar refractivity (Wildman–Crippen MR) is 177 cm³/mol. The summed E-state index contributed by atoms with van der Waals surface area (Å²) in [7, 11) is 0. The number of piperidine rings is 1. The Bertz CT molecular complexity index is 1550. The molecule has 3 heteroatoms. The monoisotopic (exact) mass is 549 g/mol. The van der Waals surface area contributed by atoms with E-state index >= 15 is 0 Å². The van der Waals surface area contributed by atoms with Gasteiger partial charge in [0.25, 0.3) is 0 Å². The Labute approximate surface area is 250 Å². The van der Waals surface area contributed by atoms with Crippen LogP contribution in [-0.2, 0) is 0 Å². The molecule has 0 aromatic heterocycles. The lowest BCUT2D eigenvalue weighted by molar-refractivity contribution is 0.246. The number of nitrogens with zero attached hydrogens (tertiary/aromatic N) is 2. The summed E-state index contributed by atoms with van der Waals surface area (Å²) >= 11 is 0. The van der Waals surface area contributed by atoms with Gasteiger partial charge in [-0.3, -0.25) is 0 Å². The van der Waals surface area contributed by atoms with E-state index in [0.717, 1.165) is 12.8 Å². The number of hydrogen-bond acceptors (Lipinski definition) is 3. The number of hydrogen-bond donors (Lipinski definition) is 1. The zero-order chi connectivity index (χ0) is 28.5. The van der Waals surface area contributed by atoms with Crippen LogP contribution in [-0.4, -0.2) is 18.1 Å². The summed E-state index contributed by atoms with van der Waals surface area (Å²) in [6.45, 7) is 4.87. The van der Waals surface area contributed by atoms with Crippen molar-refractivity contribution in [2.24, 2.45) is 11.3 Å². The minimum absolute atomic E-state index is 0.0554. The molecule has 1 fully saturated rings. The molecule has 4 unspecified atom stereocenters. The van der Waals surface area contributed by atoms with Gasteiger partial charge in [0, 0.05) is 39.8 Å². The maximum Gasteiger partial charge on any atom is 0.0521 e. The van der Waals surface area contributed by atoms with Crippen molar-refractivity contribution >= 4 is 17.1 Å². The molecule has 1 aliphatic heterocycles. The summed E-state index contributed by atoms with van der Waals surface area (Å²) in [4.78, 5) is 5.00. The molecule has 3 aliphatic carbocycles. The lowest BCUT2D eigenvalue weighted by Crippen LogP contribution is -2.52. The maximum absolute atomic E-state index is 3.93. The van der Waals surface area contributed by atoms with Crippen molar-refractivity contribution in [3.63, 3.8) is 0 Å². The van der Waals surface area contributed by atoms with Crippen LogP contribution < -0.4 is 15.1 Å². The highest BCUT2D eigenvalue weighted by molar-refractivity contribution is 5.70. The highest BCUT2D eigenvalue weighted by atomic mass is 15.2. The van der Waals surface area contributed by atoms with Crippen LogP contribution in [0.4, 0.5) is 17.1 Å². The van der Waals surface area contributed by atoms with E-state index in [2.05, 4.69) is 175 Å². The van der Waals surface area contributed by atoms with Crippen LogP contribution in [0.3, 0.4) is 0 Å². The zero-order valence-electron chi connectivity index (χ0n) is 24.5. The fourth-order valence-corrected chi connectivity index (χ4v) is 7.16. The number of rotatable bonds is 6. The molecule has 1 saturated heterocycles. The van der Waals surface area contributed by atoms with Gasteiger partial charge in [0.1, 0.15) is 0 Å². The average Bonchev–Trinajstić information content (AvgIpc) is 3.04. The third-order valence-corrected chi connectivity index (χ3v) is 9.29. The summed E-state index contributed by atoms with van der Waals surface area (Å²) in [5.74, 6) is 0.303. The molecule has 4 atom stereocenters. The topological polar surface area (TPSA) is 18.5 Å². The van der Waals surface area contributed by atoms with Crippen molar-refractivity contribution in [1.82, 2.24) is 5.32 Å². The van der Waals surface area contributed by atoms with Gasteiger partial charge in [-0.2, -0.15) is 0 Å². The molecule has 210 valence electrons. The second-order valence-corrected chi connectivity index (χ2v) is 12.2. The quantitative estimate of drug-likeness (QED) is 0.331. The first-order valence-electron chi connectivity index (χ1n) is 15.3. The maximum atomic E-state index is 3.93. The van der Waals surface area contributed by atoms with Crippen molar-refractivity contribution in [2.45, 2.75) is 44.8 Å². The lowest BCUT2D eigenvalue weighted by Gasteiger charge is -2.50. The average molecular weight is 550 g/mol. The Morgan fingerprint density at radius 1 is 0.690 bits per heavy atom. The van der Waals surface area contributed by atoms with Crippen LogP contribution in [0.25, 0.3) is 0 Å². The molecule has 7 rings (SSSR count).